The standard InChI is InChI=1S/C21H29N3O2S/c1-4-20(25)22-16(2)21(19-6-5-15-27-19)24-13-11-23(12-14-24)17-7-9-18(26-3)10-8-17/h5-10,15-16,21H,4,11-14H2,1-3H3,(H,22,25)/t16-,21+/m1/s1. The summed E-state index contributed by atoms with van der Waals surface area (Å²) in [6.45, 7) is 7.91. The summed E-state index contributed by atoms with van der Waals surface area (Å²) in [7, 11) is 1.69. The molecule has 1 aromatic carbocycles. The molecular weight excluding hydrogens is 358 g/mol. The average Bonchev–Trinajstić information content (AvgIpc) is 3.23. The number of hydrogen-bond donors (Lipinski definition) is 1. The Hall–Kier alpha value is -2.05. The van der Waals surface area contributed by atoms with E-state index < -0.39 is 0 Å². The number of amides is 1. The van der Waals surface area contributed by atoms with E-state index in [2.05, 4.69) is 51.7 Å². The van der Waals surface area contributed by atoms with Gasteiger partial charge in [0, 0.05) is 49.2 Å². The number of rotatable bonds is 7. The minimum Gasteiger partial charge on any atom is -0.497 e. The van der Waals surface area contributed by atoms with Gasteiger partial charge in [-0.25, -0.2) is 0 Å². The number of carbonyl (C=O) groups excluding carboxylic acids is 1. The highest BCUT2D eigenvalue weighted by Gasteiger charge is 2.30. The van der Waals surface area contributed by atoms with Gasteiger partial charge in [-0.3, -0.25) is 9.69 Å². The van der Waals surface area contributed by atoms with Crippen molar-refractivity contribution in [2.24, 2.45) is 0 Å². The first kappa shape index (κ1) is 19.7. The number of anilines is 1. The second-order valence-electron chi connectivity index (χ2n) is 6.89. The second kappa shape index (κ2) is 9.24. The monoisotopic (exact) mass is 387 g/mol. The molecule has 0 unspecified atom stereocenters. The van der Waals surface area contributed by atoms with Crippen LogP contribution in [0.15, 0.2) is 41.8 Å². The van der Waals surface area contributed by atoms with Gasteiger partial charge in [0.2, 0.25) is 5.91 Å². The highest BCUT2D eigenvalue weighted by molar-refractivity contribution is 7.10. The van der Waals surface area contributed by atoms with Crippen molar-refractivity contribution in [3.05, 3.63) is 46.7 Å². The molecule has 3 rings (SSSR count). The molecule has 0 bridgehead atoms. The Morgan fingerprint density at radius 1 is 1.19 bits per heavy atom. The largest absolute Gasteiger partial charge is 0.497 e. The summed E-state index contributed by atoms with van der Waals surface area (Å²) in [5.74, 6) is 0.997. The molecule has 6 heteroatoms. The zero-order valence-corrected chi connectivity index (χ0v) is 17.2. The van der Waals surface area contributed by atoms with E-state index in [1.807, 2.05) is 19.1 Å². The molecule has 1 aliphatic heterocycles. The van der Waals surface area contributed by atoms with Crippen LogP contribution in [0.5, 0.6) is 5.75 Å². The summed E-state index contributed by atoms with van der Waals surface area (Å²) in [6.07, 6.45) is 0.521. The van der Waals surface area contributed by atoms with E-state index in [1.165, 1.54) is 10.6 Å². The van der Waals surface area contributed by atoms with Crippen LogP contribution < -0.4 is 15.0 Å². The highest BCUT2D eigenvalue weighted by atomic mass is 32.1. The van der Waals surface area contributed by atoms with Gasteiger partial charge in [0.15, 0.2) is 0 Å². The number of carbonyl (C=O) groups is 1. The van der Waals surface area contributed by atoms with Crippen LogP contribution in [0.3, 0.4) is 0 Å². The number of nitrogens with one attached hydrogen (secondary N) is 1. The molecule has 0 radical (unpaired) electrons. The average molecular weight is 388 g/mol. The van der Waals surface area contributed by atoms with Gasteiger partial charge in [0.05, 0.1) is 13.2 Å². The van der Waals surface area contributed by atoms with Gasteiger partial charge in [-0.1, -0.05) is 13.0 Å². The quantitative estimate of drug-likeness (QED) is 0.789. The molecule has 2 aromatic rings. The molecule has 1 fully saturated rings. The first-order valence-corrected chi connectivity index (χ1v) is 10.5. The van der Waals surface area contributed by atoms with E-state index >= 15 is 0 Å². The second-order valence-corrected chi connectivity index (χ2v) is 7.87. The van der Waals surface area contributed by atoms with Crippen molar-refractivity contribution < 1.29 is 9.53 Å². The fourth-order valence-corrected chi connectivity index (χ4v) is 4.65. The van der Waals surface area contributed by atoms with E-state index in [9.17, 15) is 4.79 Å². The Kier molecular flexibility index (Phi) is 6.74. The molecule has 5 nitrogen and oxygen atoms in total. The lowest BCUT2D eigenvalue weighted by molar-refractivity contribution is -0.121. The minimum atomic E-state index is 0.0867. The normalized spacial score (nSPS) is 17.4. The number of methoxy groups -OCH3 is 1. The van der Waals surface area contributed by atoms with Crippen molar-refractivity contribution in [1.29, 1.82) is 0 Å². The molecule has 2 atom stereocenters. The number of hydrogen-bond acceptors (Lipinski definition) is 5. The lowest BCUT2D eigenvalue weighted by Crippen LogP contribution is -2.52. The Morgan fingerprint density at radius 2 is 1.89 bits per heavy atom. The van der Waals surface area contributed by atoms with E-state index in [0.717, 1.165) is 31.9 Å². The van der Waals surface area contributed by atoms with Gasteiger partial charge < -0.3 is 15.0 Å². The third-order valence-electron chi connectivity index (χ3n) is 5.16. The van der Waals surface area contributed by atoms with Gasteiger partial charge >= 0.3 is 0 Å². The molecule has 0 spiro atoms. The smallest absolute Gasteiger partial charge is 0.219 e. The van der Waals surface area contributed by atoms with Gasteiger partial charge in [0.25, 0.3) is 0 Å². The van der Waals surface area contributed by atoms with E-state index in [0.29, 0.717) is 6.42 Å². The predicted octanol–water partition coefficient (Wildman–Crippen LogP) is 3.53. The van der Waals surface area contributed by atoms with Crippen molar-refractivity contribution >= 4 is 22.9 Å². The SMILES string of the molecule is CCC(=O)N[C@H](C)[C@@H](c1cccs1)N1CCN(c2ccc(OC)cc2)CC1. The van der Waals surface area contributed by atoms with Crippen LogP contribution in [-0.2, 0) is 4.79 Å². The minimum absolute atomic E-state index is 0.0867. The first-order valence-electron chi connectivity index (χ1n) is 9.58. The van der Waals surface area contributed by atoms with Crippen molar-refractivity contribution in [2.45, 2.75) is 32.4 Å². The predicted molar refractivity (Wildman–Crippen MR) is 112 cm³/mol. The van der Waals surface area contributed by atoms with Crippen LogP contribution in [0.4, 0.5) is 5.69 Å². The highest BCUT2D eigenvalue weighted by Crippen LogP contribution is 2.30. The first-order chi connectivity index (χ1) is 13.1. The topological polar surface area (TPSA) is 44.8 Å². The molecule has 27 heavy (non-hydrogen) atoms. The molecular formula is C21H29N3O2S. The number of piperazine rings is 1. The van der Waals surface area contributed by atoms with Gasteiger partial charge in [-0.2, -0.15) is 0 Å². The Balaban J connectivity index is 1.67. The third kappa shape index (κ3) is 4.82. The van der Waals surface area contributed by atoms with Crippen LogP contribution in [0.2, 0.25) is 0 Å². The van der Waals surface area contributed by atoms with Crippen LogP contribution in [0.1, 0.15) is 31.2 Å². The molecule has 1 aromatic heterocycles. The Labute approximate surface area is 165 Å². The number of nitrogens with zero attached hydrogens (tertiary/aromatic N) is 2. The molecule has 0 aliphatic carbocycles. The number of thiophene rings is 1. The van der Waals surface area contributed by atoms with E-state index in [-0.39, 0.29) is 18.0 Å². The Morgan fingerprint density at radius 3 is 2.44 bits per heavy atom. The summed E-state index contributed by atoms with van der Waals surface area (Å²) >= 11 is 1.77. The van der Waals surface area contributed by atoms with Crippen molar-refractivity contribution in [3.8, 4) is 5.75 Å². The van der Waals surface area contributed by atoms with Gasteiger partial charge in [-0.05, 0) is 42.6 Å². The Bertz CT molecular complexity index is 710. The fraction of sp³-hybridized carbons (Fsp3) is 0.476. The lowest BCUT2D eigenvalue weighted by Gasteiger charge is -2.42. The van der Waals surface area contributed by atoms with Crippen LogP contribution in [-0.4, -0.2) is 50.1 Å². The van der Waals surface area contributed by atoms with Crippen molar-refractivity contribution in [1.82, 2.24) is 10.2 Å². The third-order valence-corrected chi connectivity index (χ3v) is 6.11. The summed E-state index contributed by atoms with van der Waals surface area (Å²) in [5.41, 5.74) is 1.23. The molecule has 1 saturated heterocycles. The fourth-order valence-electron chi connectivity index (χ4n) is 3.69. The summed E-state index contributed by atoms with van der Waals surface area (Å²) < 4.78 is 5.25. The van der Waals surface area contributed by atoms with Gasteiger partial charge in [0.1, 0.15) is 5.75 Å². The number of benzene rings is 1. The maximum atomic E-state index is 11.9. The van der Waals surface area contributed by atoms with Crippen molar-refractivity contribution in [3.63, 3.8) is 0 Å². The zero-order chi connectivity index (χ0) is 19.2. The summed E-state index contributed by atoms with van der Waals surface area (Å²) in [6, 6.07) is 12.8. The number of ether oxygens (including phenoxy) is 1. The molecule has 146 valence electrons. The van der Waals surface area contributed by atoms with Crippen LogP contribution >= 0.6 is 11.3 Å². The molecule has 1 aliphatic rings. The molecule has 1 amide bonds. The van der Waals surface area contributed by atoms with E-state index in [4.69, 9.17) is 4.74 Å². The molecule has 0 saturated carbocycles. The summed E-state index contributed by atoms with van der Waals surface area (Å²) in [5, 5.41) is 5.28. The molecule has 1 N–H and O–H groups in total. The summed E-state index contributed by atoms with van der Waals surface area (Å²) in [4.78, 5) is 18.2. The van der Waals surface area contributed by atoms with E-state index in [1.54, 1.807) is 18.4 Å². The maximum absolute atomic E-state index is 11.9. The zero-order valence-electron chi connectivity index (χ0n) is 16.4. The van der Waals surface area contributed by atoms with Crippen LogP contribution in [0, 0.1) is 0 Å². The molecule has 2 heterocycles. The van der Waals surface area contributed by atoms with Crippen molar-refractivity contribution in [2.75, 3.05) is 38.2 Å². The van der Waals surface area contributed by atoms with Gasteiger partial charge in [-0.15, -0.1) is 11.3 Å². The van der Waals surface area contributed by atoms with Crippen LogP contribution in [0.25, 0.3) is 0 Å². The lowest BCUT2D eigenvalue weighted by atomic mass is 10.0. The maximum Gasteiger partial charge on any atom is 0.219 e.